The summed E-state index contributed by atoms with van der Waals surface area (Å²) in [5.41, 5.74) is 8.41. The van der Waals surface area contributed by atoms with Crippen LogP contribution in [0.4, 0.5) is 5.82 Å². The number of ether oxygens (including phenoxy) is 1. The number of aromatic nitrogens is 3. The number of imidazole rings is 1. The van der Waals surface area contributed by atoms with Gasteiger partial charge in [0.1, 0.15) is 11.9 Å². The Kier molecular flexibility index (Phi) is 11.5. The summed E-state index contributed by atoms with van der Waals surface area (Å²) in [7, 11) is 0. The standard InChI is InChI=1S/C31H38N6O2.2ClH/c1-31(2,30(32)38)26-22-37-28(34-26)15-14-27(35-37)33-18-9-19-36-20-16-25(17-21-36)39-29(23-10-5-3-6-11-23)24-12-7-4-8-13-24;;/h3-8,10-15,22,25,29H,9,16-21H2,1-2H3,(H2,32,38)(H,33,35);2*1H. The number of rotatable bonds is 11. The van der Waals surface area contributed by atoms with Crippen LogP contribution in [-0.2, 0) is 14.9 Å². The fraction of sp³-hybridized carbons (Fsp3) is 0.387. The number of primary amides is 1. The van der Waals surface area contributed by atoms with E-state index in [1.54, 1.807) is 24.6 Å². The van der Waals surface area contributed by atoms with Crippen molar-refractivity contribution in [2.45, 2.75) is 50.7 Å². The molecule has 0 radical (unpaired) electrons. The van der Waals surface area contributed by atoms with Gasteiger partial charge in [-0.2, -0.15) is 0 Å². The van der Waals surface area contributed by atoms with E-state index in [4.69, 9.17) is 10.5 Å². The lowest BCUT2D eigenvalue weighted by atomic mass is 9.89. The van der Waals surface area contributed by atoms with E-state index in [1.165, 1.54) is 11.1 Å². The fourth-order valence-corrected chi connectivity index (χ4v) is 4.99. The van der Waals surface area contributed by atoms with Crippen molar-refractivity contribution in [3.63, 3.8) is 0 Å². The zero-order valence-electron chi connectivity index (χ0n) is 23.6. The molecule has 220 valence electrons. The highest BCUT2D eigenvalue weighted by Crippen LogP contribution is 2.30. The van der Waals surface area contributed by atoms with Crippen molar-refractivity contribution < 1.29 is 9.53 Å². The number of benzene rings is 2. The van der Waals surface area contributed by atoms with Crippen molar-refractivity contribution in [1.29, 1.82) is 0 Å². The minimum Gasteiger partial charge on any atom is -0.369 e. The lowest BCUT2D eigenvalue weighted by Crippen LogP contribution is -2.38. The molecule has 4 aromatic rings. The highest BCUT2D eigenvalue weighted by Gasteiger charge is 2.30. The van der Waals surface area contributed by atoms with Gasteiger partial charge in [-0.25, -0.2) is 9.50 Å². The number of fused-ring (bicyclic) bond motifs is 1. The van der Waals surface area contributed by atoms with Crippen molar-refractivity contribution in [3.05, 3.63) is 95.8 Å². The molecule has 3 N–H and O–H groups in total. The summed E-state index contributed by atoms with van der Waals surface area (Å²) in [4.78, 5) is 18.8. The van der Waals surface area contributed by atoms with Crippen molar-refractivity contribution >= 4 is 42.2 Å². The Bertz CT molecular complexity index is 1340. The molecule has 0 spiro atoms. The predicted molar refractivity (Wildman–Crippen MR) is 168 cm³/mol. The maximum atomic E-state index is 11.8. The van der Waals surface area contributed by atoms with Gasteiger partial charge in [-0.05, 0) is 62.9 Å². The Balaban J connectivity index is 0.00000231. The van der Waals surface area contributed by atoms with Gasteiger partial charge in [0.2, 0.25) is 5.91 Å². The summed E-state index contributed by atoms with van der Waals surface area (Å²) in [6.45, 7) is 7.49. The van der Waals surface area contributed by atoms with Gasteiger partial charge in [0, 0.05) is 19.6 Å². The highest BCUT2D eigenvalue weighted by atomic mass is 35.5. The molecular formula is C31H40Cl2N6O2. The predicted octanol–water partition coefficient (Wildman–Crippen LogP) is 5.41. The van der Waals surface area contributed by atoms with Crippen LogP contribution in [0.25, 0.3) is 5.65 Å². The molecule has 0 aliphatic carbocycles. The number of carbonyl (C=O) groups excluding carboxylic acids is 1. The Hall–Kier alpha value is -3.17. The number of hydrogen-bond acceptors (Lipinski definition) is 6. The number of nitrogens with two attached hydrogens (primary N) is 1. The monoisotopic (exact) mass is 598 g/mol. The van der Waals surface area contributed by atoms with Gasteiger partial charge in [0.25, 0.3) is 0 Å². The zero-order chi connectivity index (χ0) is 27.2. The van der Waals surface area contributed by atoms with E-state index in [-0.39, 0.29) is 37.0 Å². The van der Waals surface area contributed by atoms with E-state index in [2.05, 4.69) is 68.8 Å². The molecule has 10 heteroatoms. The average molecular weight is 600 g/mol. The molecule has 1 fully saturated rings. The number of hydrogen-bond donors (Lipinski definition) is 2. The van der Waals surface area contributed by atoms with Crippen LogP contribution >= 0.6 is 24.8 Å². The quantitative estimate of drug-likeness (QED) is 0.224. The molecule has 1 amide bonds. The summed E-state index contributed by atoms with van der Waals surface area (Å²) in [6, 6.07) is 24.8. The molecule has 1 aliphatic heterocycles. The fourth-order valence-electron chi connectivity index (χ4n) is 4.99. The molecule has 0 unspecified atom stereocenters. The molecule has 41 heavy (non-hydrogen) atoms. The maximum absolute atomic E-state index is 11.8. The topological polar surface area (TPSA) is 97.8 Å². The van der Waals surface area contributed by atoms with Crippen molar-refractivity contribution in [1.82, 2.24) is 19.5 Å². The highest BCUT2D eigenvalue weighted by molar-refractivity contribution is 5.86. The number of amides is 1. The van der Waals surface area contributed by atoms with Gasteiger partial charge in [-0.1, -0.05) is 60.7 Å². The number of nitrogens with one attached hydrogen (secondary N) is 1. The van der Waals surface area contributed by atoms with Gasteiger partial charge in [-0.15, -0.1) is 29.9 Å². The number of nitrogens with zero attached hydrogens (tertiary/aromatic N) is 4. The molecule has 2 aromatic heterocycles. The van der Waals surface area contributed by atoms with Gasteiger partial charge >= 0.3 is 0 Å². The zero-order valence-corrected chi connectivity index (χ0v) is 25.2. The largest absolute Gasteiger partial charge is 0.369 e. The van der Waals surface area contributed by atoms with Crippen molar-refractivity contribution in [2.24, 2.45) is 5.73 Å². The number of anilines is 1. The SMILES string of the molecule is CC(C)(C(N)=O)c1cn2nc(NCCCN3CCC(OC(c4ccccc4)c4ccccc4)CC3)ccc2n1.Cl.Cl. The van der Waals surface area contributed by atoms with E-state index in [0.29, 0.717) is 11.3 Å². The molecule has 3 heterocycles. The summed E-state index contributed by atoms with van der Waals surface area (Å²) in [5, 5.41) is 8.02. The van der Waals surface area contributed by atoms with Gasteiger partial charge in [-0.3, -0.25) is 4.79 Å². The van der Waals surface area contributed by atoms with Crippen LogP contribution in [0, 0.1) is 0 Å². The third-order valence-corrected chi connectivity index (χ3v) is 7.60. The van der Waals surface area contributed by atoms with E-state index in [1.807, 2.05) is 24.3 Å². The van der Waals surface area contributed by atoms with Crippen molar-refractivity contribution in [2.75, 3.05) is 31.5 Å². The number of piperidine rings is 1. The second-order valence-electron chi connectivity index (χ2n) is 10.8. The smallest absolute Gasteiger partial charge is 0.229 e. The number of halogens is 2. The molecule has 1 saturated heterocycles. The first-order chi connectivity index (χ1) is 18.9. The summed E-state index contributed by atoms with van der Waals surface area (Å²) >= 11 is 0. The second-order valence-corrected chi connectivity index (χ2v) is 10.8. The molecule has 1 aliphatic rings. The Morgan fingerprint density at radius 2 is 1.61 bits per heavy atom. The lowest BCUT2D eigenvalue weighted by Gasteiger charge is -2.34. The van der Waals surface area contributed by atoms with Crippen LogP contribution in [0.2, 0.25) is 0 Å². The normalized spacial score (nSPS) is 14.4. The molecule has 8 nitrogen and oxygen atoms in total. The average Bonchev–Trinajstić information content (AvgIpc) is 3.40. The van der Waals surface area contributed by atoms with Crippen molar-refractivity contribution in [3.8, 4) is 0 Å². The van der Waals surface area contributed by atoms with Crippen LogP contribution < -0.4 is 11.1 Å². The number of likely N-dealkylation sites (tertiary alicyclic amines) is 1. The molecule has 0 bridgehead atoms. The van der Waals surface area contributed by atoms with Crippen LogP contribution in [0.1, 0.15) is 56.0 Å². The van der Waals surface area contributed by atoms with E-state index >= 15 is 0 Å². The first kappa shape index (κ1) is 32.3. The van der Waals surface area contributed by atoms with E-state index in [0.717, 1.165) is 51.3 Å². The minimum atomic E-state index is -0.843. The molecule has 0 atom stereocenters. The summed E-state index contributed by atoms with van der Waals surface area (Å²) in [5.74, 6) is 0.371. The molecular weight excluding hydrogens is 559 g/mol. The van der Waals surface area contributed by atoms with Crippen LogP contribution in [0.15, 0.2) is 79.0 Å². The Labute approximate surface area is 254 Å². The summed E-state index contributed by atoms with van der Waals surface area (Å²) in [6.07, 6.45) is 5.08. The van der Waals surface area contributed by atoms with Crippen LogP contribution in [0.3, 0.4) is 0 Å². The van der Waals surface area contributed by atoms with Gasteiger partial charge in [0.05, 0.1) is 23.4 Å². The van der Waals surface area contributed by atoms with Gasteiger partial charge < -0.3 is 20.7 Å². The van der Waals surface area contributed by atoms with E-state index in [9.17, 15) is 4.79 Å². The maximum Gasteiger partial charge on any atom is 0.229 e. The third kappa shape index (κ3) is 7.98. The Morgan fingerprint density at radius 1 is 1.00 bits per heavy atom. The van der Waals surface area contributed by atoms with E-state index < -0.39 is 11.3 Å². The number of carbonyl (C=O) groups is 1. The minimum absolute atomic E-state index is 0. The molecule has 5 rings (SSSR count). The first-order valence-electron chi connectivity index (χ1n) is 13.8. The first-order valence-corrected chi connectivity index (χ1v) is 13.8. The molecule has 0 saturated carbocycles. The van der Waals surface area contributed by atoms with Gasteiger partial charge in [0.15, 0.2) is 5.65 Å². The summed E-state index contributed by atoms with van der Waals surface area (Å²) < 4.78 is 8.39. The second kappa shape index (κ2) is 14.6. The van der Waals surface area contributed by atoms with Crippen LogP contribution in [-0.4, -0.2) is 57.7 Å². The molecule has 2 aromatic carbocycles. The Morgan fingerprint density at radius 3 is 2.20 bits per heavy atom. The van der Waals surface area contributed by atoms with Crippen LogP contribution in [0.5, 0.6) is 0 Å². The lowest BCUT2D eigenvalue weighted by molar-refractivity contribution is -0.122. The third-order valence-electron chi connectivity index (χ3n) is 7.60.